The average molecular weight is 568 g/mol. The SMILES string of the molecule is BC(B)(B)NC(=O)c1nnc(NC(=O)C2CC2)cc1Nc1cc(F)cc(-c2cc(NS(C)(=O)=O)n(C)n2)c1OC. The molecule has 3 aromatic rings. The van der Waals surface area contributed by atoms with Crippen molar-refractivity contribution in [3.8, 4) is 17.0 Å². The number of hydrogen-bond acceptors (Lipinski definition) is 9. The summed E-state index contributed by atoms with van der Waals surface area (Å²) in [5, 5.41) is 20.3. The van der Waals surface area contributed by atoms with Gasteiger partial charge in [-0.3, -0.25) is 19.0 Å². The summed E-state index contributed by atoms with van der Waals surface area (Å²) in [6.45, 7) is 0. The molecule has 1 aliphatic carbocycles. The zero-order chi connectivity index (χ0) is 29.4. The summed E-state index contributed by atoms with van der Waals surface area (Å²) in [5.74, 6) is -1.06. The third-order valence-corrected chi connectivity index (χ3v) is 6.25. The molecular formula is C22H28B3FN8O5S. The number of rotatable bonds is 10. The molecule has 208 valence electrons. The maximum absolute atomic E-state index is 14.9. The van der Waals surface area contributed by atoms with Crippen LogP contribution in [0.1, 0.15) is 23.3 Å². The summed E-state index contributed by atoms with van der Waals surface area (Å²) in [5.41, 5.74) is 0.608. The molecule has 0 saturated heterocycles. The van der Waals surface area contributed by atoms with Gasteiger partial charge in [0, 0.05) is 36.7 Å². The summed E-state index contributed by atoms with van der Waals surface area (Å²) >= 11 is 0. The number of sulfonamides is 1. The number of carbonyl (C=O) groups excluding carboxylic acids is 2. The molecule has 1 aromatic carbocycles. The summed E-state index contributed by atoms with van der Waals surface area (Å²) in [6, 6.07) is 5.22. The first-order chi connectivity index (χ1) is 18.6. The van der Waals surface area contributed by atoms with Crippen LogP contribution in [-0.4, -0.2) is 82.4 Å². The van der Waals surface area contributed by atoms with E-state index in [1.54, 1.807) is 23.5 Å². The highest BCUT2D eigenvalue weighted by Gasteiger charge is 2.30. The number of carbonyl (C=O) groups is 2. The zero-order valence-corrected chi connectivity index (χ0v) is 23.7. The number of halogens is 1. The molecule has 1 saturated carbocycles. The Morgan fingerprint density at radius 3 is 2.42 bits per heavy atom. The maximum atomic E-state index is 14.9. The topological polar surface area (TPSA) is 169 Å². The Hall–Kier alpha value is -4.08. The lowest BCUT2D eigenvalue weighted by molar-refractivity contribution is -0.117. The van der Waals surface area contributed by atoms with E-state index in [0.717, 1.165) is 25.2 Å². The van der Waals surface area contributed by atoms with Gasteiger partial charge in [-0.2, -0.15) is 5.10 Å². The van der Waals surface area contributed by atoms with E-state index in [2.05, 4.69) is 36.0 Å². The van der Waals surface area contributed by atoms with Crippen LogP contribution >= 0.6 is 0 Å². The standard InChI is InChI=1S/C22H28B3FN8O5S/c1-34-17(33-40(3,37)38)9-13(32-34)12-6-11(26)7-15(19(12)39-2)27-14-8-16(28-20(35)10-4-5-10)30-31-18(14)21(36)29-22(23,24)25/h6-10,33H,4-5,23-25H2,1-3H3,(H,29,36)(H2,27,28,30,35). The fraction of sp³-hybridized carbons (Fsp3) is 0.318. The molecular weight excluding hydrogens is 540 g/mol. The Morgan fingerprint density at radius 2 is 1.82 bits per heavy atom. The van der Waals surface area contributed by atoms with Crippen molar-refractivity contribution in [1.29, 1.82) is 0 Å². The van der Waals surface area contributed by atoms with Crippen LogP contribution in [0, 0.1) is 11.7 Å². The molecule has 2 heterocycles. The van der Waals surface area contributed by atoms with Gasteiger partial charge in [0.1, 0.15) is 35.2 Å². The Kier molecular flexibility index (Phi) is 7.83. The van der Waals surface area contributed by atoms with Crippen LogP contribution < -0.4 is 25.4 Å². The Labute approximate surface area is 233 Å². The van der Waals surface area contributed by atoms with E-state index in [9.17, 15) is 22.4 Å². The van der Waals surface area contributed by atoms with Crippen molar-refractivity contribution in [2.24, 2.45) is 13.0 Å². The summed E-state index contributed by atoms with van der Waals surface area (Å²) in [6.07, 6.45) is 2.57. The zero-order valence-electron chi connectivity index (χ0n) is 22.9. The van der Waals surface area contributed by atoms with Crippen molar-refractivity contribution >= 4 is 68.4 Å². The minimum absolute atomic E-state index is 0.0894. The number of aromatic nitrogens is 4. The van der Waals surface area contributed by atoms with E-state index in [1.807, 2.05) is 0 Å². The number of aryl methyl sites for hydroxylation is 1. The average Bonchev–Trinajstić information content (AvgIpc) is 3.61. The minimum atomic E-state index is -3.59. The van der Waals surface area contributed by atoms with E-state index in [1.165, 1.54) is 37.0 Å². The molecule has 0 radical (unpaired) electrons. The first kappa shape index (κ1) is 28.9. The highest BCUT2D eigenvalue weighted by atomic mass is 32.2. The molecule has 2 amide bonds. The molecule has 4 N–H and O–H groups in total. The first-order valence-corrected chi connectivity index (χ1v) is 14.2. The number of amides is 2. The van der Waals surface area contributed by atoms with Gasteiger partial charge in [-0.15, -0.1) is 10.2 Å². The molecule has 0 unspecified atom stereocenters. The van der Waals surface area contributed by atoms with Gasteiger partial charge in [0.2, 0.25) is 15.9 Å². The molecule has 1 aliphatic rings. The van der Waals surface area contributed by atoms with Crippen molar-refractivity contribution in [2.75, 3.05) is 28.7 Å². The number of nitrogens with zero attached hydrogens (tertiary/aromatic N) is 4. The second-order valence-electron chi connectivity index (χ2n) is 10.5. The predicted molar refractivity (Wildman–Crippen MR) is 156 cm³/mol. The first-order valence-electron chi connectivity index (χ1n) is 12.3. The van der Waals surface area contributed by atoms with E-state index in [4.69, 9.17) is 4.74 Å². The van der Waals surface area contributed by atoms with Crippen LogP contribution in [0.25, 0.3) is 11.3 Å². The van der Waals surface area contributed by atoms with E-state index in [0.29, 0.717) is 0 Å². The van der Waals surface area contributed by atoms with Gasteiger partial charge >= 0.3 is 0 Å². The number of hydrogen-bond donors (Lipinski definition) is 4. The van der Waals surface area contributed by atoms with Crippen LogP contribution in [0.5, 0.6) is 5.75 Å². The van der Waals surface area contributed by atoms with E-state index >= 15 is 0 Å². The van der Waals surface area contributed by atoms with Gasteiger partial charge in [0.05, 0.1) is 30.4 Å². The molecule has 0 spiro atoms. The fourth-order valence-electron chi connectivity index (χ4n) is 3.82. The van der Waals surface area contributed by atoms with Crippen molar-refractivity contribution in [3.63, 3.8) is 0 Å². The highest BCUT2D eigenvalue weighted by molar-refractivity contribution is 7.92. The number of benzene rings is 1. The van der Waals surface area contributed by atoms with E-state index < -0.39 is 27.0 Å². The second-order valence-corrected chi connectivity index (χ2v) is 12.3. The Morgan fingerprint density at radius 1 is 1.12 bits per heavy atom. The van der Waals surface area contributed by atoms with Gasteiger partial charge in [-0.25, -0.2) is 12.8 Å². The predicted octanol–water partition coefficient (Wildman–Crippen LogP) is -1.27. The molecule has 18 heteroatoms. The van der Waals surface area contributed by atoms with Gasteiger partial charge < -0.3 is 20.7 Å². The molecule has 0 atom stereocenters. The Balaban J connectivity index is 1.77. The lowest BCUT2D eigenvalue weighted by Crippen LogP contribution is -2.50. The molecule has 2 aromatic heterocycles. The van der Waals surface area contributed by atoms with Gasteiger partial charge in [0.15, 0.2) is 17.3 Å². The van der Waals surface area contributed by atoms with Crippen LogP contribution in [-0.2, 0) is 21.9 Å². The van der Waals surface area contributed by atoms with Crippen LogP contribution in [0.4, 0.5) is 27.4 Å². The number of anilines is 4. The van der Waals surface area contributed by atoms with Crippen LogP contribution in [0.15, 0.2) is 24.3 Å². The van der Waals surface area contributed by atoms with Gasteiger partial charge in [-0.05, 0) is 24.1 Å². The summed E-state index contributed by atoms with van der Waals surface area (Å²) < 4.78 is 47.6. The summed E-state index contributed by atoms with van der Waals surface area (Å²) in [4.78, 5) is 25.4. The summed E-state index contributed by atoms with van der Waals surface area (Å²) in [7, 11) is 4.72. The molecule has 0 bridgehead atoms. The fourth-order valence-corrected chi connectivity index (χ4v) is 4.39. The van der Waals surface area contributed by atoms with Crippen LogP contribution in [0.2, 0.25) is 0 Å². The normalized spacial score (nSPS) is 13.4. The van der Waals surface area contributed by atoms with E-state index in [-0.39, 0.29) is 57.5 Å². The number of methoxy groups -OCH3 is 1. The van der Waals surface area contributed by atoms with Gasteiger partial charge in [0.25, 0.3) is 5.91 Å². The quantitative estimate of drug-likeness (QED) is 0.218. The third-order valence-electron chi connectivity index (χ3n) is 5.67. The lowest BCUT2D eigenvalue weighted by Gasteiger charge is -2.22. The third kappa shape index (κ3) is 7.11. The van der Waals surface area contributed by atoms with Crippen molar-refractivity contribution in [3.05, 3.63) is 35.8 Å². The second kappa shape index (κ2) is 10.8. The lowest BCUT2D eigenvalue weighted by atomic mass is 9.49. The molecule has 0 aliphatic heterocycles. The number of ether oxygens (including phenoxy) is 1. The van der Waals surface area contributed by atoms with Crippen molar-refractivity contribution < 1.29 is 27.1 Å². The van der Waals surface area contributed by atoms with Crippen LogP contribution in [0.3, 0.4) is 0 Å². The minimum Gasteiger partial charge on any atom is -0.494 e. The molecule has 40 heavy (non-hydrogen) atoms. The largest absolute Gasteiger partial charge is 0.494 e. The molecule has 4 rings (SSSR count). The van der Waals surface area contributed by atoms with Crippen molar-refractivity contribution in [2.45, 2.75) is 18.1 Å². The highest BCUT2D eigenvalue weighted by Crippen LogP contribution is 2.40. The van der Waals surface area contributed by atoms with Crippen molar-refractivity contribution in [1.82, 2.24) is 25.3 Å². The maximum Gasteiger partial charge on any atom is 0.272 e. The number of nitrogens with one attached hydrogen (secondary N) is 4. The molecule has 1 fully saturated rings. The molecule has 13 nitrogen and oxygen atoms in total. The smallest absolute Gasteiger partial charge is 0.272 e. The Bertz CT molecular complexity index is 1590. The van der Waals surface area contributed by atoms with Gasteiger partial charge in [-0.1, -0.05) is 0 Å². The monoisotopic (exact) mass is 568 g/mol.